The first-order chi connectivity index (χ1) is 9.93. The molecule has 0 bridgehead atoms. The molecule has 2 aromatic carbocycles. The summed E-state index contributed by atoms with van der Waals surface area (Å²) in [5.74, 6) is -0.0129. The highest BCUT2D eigenvalue weighted by Gasteiger charge is 2.30. The molecule has 1 N–H and O–H groups in total. The van der Waals surface area contributed by atoms with Gasteiger partial charge < -0.3 is 5.32 Å². The second-order valence-electron chi connectivity index (χ2n) is 5.71. The molecule has 110 valence electrons. The number of hydrogen-bond donors (Lipinski definition) is 1. The van der Waals surface area contributed by atoms with Crippen LogP contribution in [0.3, 0.4) is 0 Å². The van der Waals surface area contributed by atoms with Crippen molar-refractivity contribution in [3.63, 3.8) is 0 Å². The maximum Gasteiger partial charge on any atom is 0.230 e. The first-order valence-corrected chi connectivity index (χ1v) is 7.41. The molecule has 0 aliphatic heterocycles. The average Bonchev–Trinajstić information content (AvgIpc) is 2.48. The Labute approximate surface area is 131 Å². The maximum absolute atomic E-state index is 12.6. The fourth-order valence-corrected chi connectivity index (χ4v) is 2.57. The normalized spacial score (nSPS) is 12.8. The summed E-state index contributed by atoms with van der Waals surface area (Å²) >= 11 is 6.18. The third-order valence-corrected chi connectivity index (χ3v) is 4.13. The van der Waals surface area contributed by atoms with E-state index in [1.165, 1.54) is 0 Å². The standard InChI is InChI=1S/C18H20ClNO/c1-13(15-11-7-8-12-16(15)19)20-17(21)18(2,3)14-9-5-4-6-10-14/h4-13H,1-3H3,(H,20,21). The van der Waals surface area contributed by atoms with Crippen molar-refractivity contribution in [1.29, 1.82) is 0 Å². The van der Waals surface area contributed by atoms with Crippen molar-refractivity contribution in [3.8, 4) is 0 Å². The molecule has 0 saturated heterocycles. The molecule has 21 heavy (non-hydrogen) atoms. The molecule has 0 spiro atoms. The van der Waals surface area contributed by atoms with Crippen molar-refractivity contribution in [2.75, 3.05) is 0 Å². The minimum Gasteiger partial charge on any atom is -0.349 e. The van der Waals surface area contributed by atoms with Crippen molar-refractivity contribution in [1.82, 2.24) is 5.32 Å². The van der Waals surface area contributed by atoms with Gasteiger partial charge in [0, 0.05) is 5.02 Å². The summed E-state index contributed by atoms with van der Waals surface area (Å²) in [6.45, 7) is 5.80. The second kappa shape index (κ2) is 6.31. The highest BCUT2D eigenvalue weighted by molar-refractivity contribution is 6.31. The topological polar surface area (TPSA) is 29.1 Å². The Bertz CT molecular complexity index is 622. The second-order valence-corrected chi connectivity index (χ2v) is 6.11. The van der Waals surface area contributed by atoms with Crippen molar-refractivity contribution in [3.05, 3.63) is 70.7 Å². The maximum atomic E-state index is 12.6. The number of hydrogen-bond acceptors (Lipinski definition) is 1. The molecule has 3 heteroatoms. The molecule has 2 aromatic rings. The highest BCUT2D eigenvalue weighted by atomic mass is 35.5. The summed E-state index contributed by atoms with van der Waals surface area (Å²) < 4.78 is 0. The Morgan fingerprint density at radius 1 is 1.05 bits per heavy atom. The van der Waals surface area contributed by atoms with Gasteiger partial charge in [-0.3, -0.25) is 4.79 Å². The molecule has 1 unspecified atom stereocenters. The lowest BCUT2D eigenvalue weighted by Crippen LogP contribution is -2.41. The largest absolute Gasteiger partial charge is 0.349 e. The Morgan fingerprint density at radius 3 is 2.24 bits per heavy atom. The smallest absolute Gasteiger partial charge is 0.230 e. The van der Waals surface area contributed by atoms with Crippen LogP contribution in [-0.4, -0.2) is 5.91 Å². The van der Waals surface area contributed by atoms with E-state index in [1.54, 1.807) is 0 Å². The van der Waals surface area contributed by atoms with Crippen molar-refractivity contribution in [2.24, 2.45) is 0 Å². The summed E-state index contributed by atoms with van der Waals surface area (Å²) in [5.41, 5.74) is 1.33. The van der Waals surface area contributed by atoms with Crippen LogP contribution >= 0.6 is 11.6 Å². The summed E-state index contributed by atoms with van der Waals surface area (Å²) in [4.78, 5) is 12.6. The van der Waals surface area contributed by atoms with Gasteiger partial charge in [0.25, 0.3) is 0 Å². The van der Waals surface area contributed by atoms with Crippen LogP contribution in [0.5, 0.6) is 0 Å². The SMILES string of the molecule is CC(NC(=O)C(C)(C)c1ccccc1)c1ccccc1Cl. The van der Waals surface area contributed by atoms with E-state index in [2.05, 4.69) is 5.32 Å². The van der Waals surface area contributed by atoms with Crippen LogP contribution in [0.15, 0.2) is 54.6 Å². The van der Waals surface area contributed by atoms with Crippen LogP contribution in [0, 0.1) is 0 Å². The highest BCUT2D eigenvalue weighted by Crippen LogP contribution is 2.26. The predicted molar refractivity (Wildman–Crippen MR) is 87.5 cm³/mol. The van der Waals surface area contributed by atoms with Gasteiger partial charge in [-0.15, -0.1) is 0 Å². The number of amides is 1. The molecule has 0 heterocycles. The van der Waals surface area contributed by atoms with E-state index in [0.717, 1.165) is 11.1 Å². The third-order valence-electron chi connectivity index (χ3n) is 3.78. The number of carbonyl (C=O) groups excluding carboxylic acids is 1. The number of halogens is 1. The summed E-state index contributed by atoms with van der Waals surface area (Å²) in [6, 6.07) is 17.2. The molecule has 2 rings (SSSR count). The monoisotopic (exact) mass is 301 g/mol. The summed E-state index contributed by atoms with van der Waals surface area (Å²) in [7, 11) is 0. The lowest BCUT2D eigenvalue weighted by molar-refractivity contribution is -0.126. The Balaban J connectivity index is 2.16. The van der Waals surface area contributed by atoms with Crippen molar-refractivity contribution in [2.45, 2.75) is 32.2 Å². The Hall–Kier alpha value is -1.80. The number of nitrogens with one attached hydrogen (secondary N) is 1. The zero-order valence-corrected chi connectivity index (χ0v) is 13.3. The minimum absolute atomic E-state index is 0.0129. The van der Waals surface area contributed by atoms with Gasteiger partial charge in [-0.05, 0) is 38.0 Å². The van der Waals surface area contributed by atoms with Gasteiger partial charge >= 0.3 is 0 Å². The van der Waals surface area contributed by atoms with Gasteiger partial charge in [0.1, 0.15) is 0 Å². The minimum atomic E-state index is -0.587. The van der Waals surface area contributed by atoms with Crippen LogP contribution in [0.1, 0.15) is 37.9 Å². The van der Waals surface area contributed by atoms with Gasteiger partial charge in [0.2, 0.25) is 5.91 Å². The molecule has 0 saturated carbocycles. The molecular weight excluding hydrogens is 282 g/mol. The molecule has 2 nitrogen and oxygen atoms in total. The average molecular weight is 302 g/mol. The van der Waals surface area contributed by atoms with Gasteiger partial charge in [0.15, 0.2) is 0 Å². The fourth-order valence-electron chi connectivity index (χ4n) is 2.27. The zero-order valence-electron chi connectivity index (χ0n) is 12.6. The van der Waals surface area contributed by atoms with E-state index >= 15 is 0 Å². The number of rotatable bonds is 4. The van der Waals surface area contributed by atoms with E-state index in [0.29, 0.717) is 5.02 Å². The zero-order chi connectivity index (χ0) is 15.5. The number of carbonyl (C=O) groups is 1. The first-order valence-electron chi connectivity index (χ1n) is 7.04. The fraction of sp³-hybridized carbons (Fsp3) is 0.278. The van der Waals surface area contributed by atoms with Gasteiger partial charge in [-0.25, -0.2) is 0 Å². The molecule has 0 aliphatic carbocycles. The summed E-state index contributed by atoms with van der Waals surface area (Å²) in [5, 5.41) is 3.72. The lowest BCUT2D eigenvalue weighted by Gasteiger charge is -2.27. The van der Waals surface area contributed by atoms with E-state index in [4.69, 9.17) is 11.6 Å². The Kier molecular flexibility index (Phi) is 4.69. The number of benzene rings is 2. The van der Waals surface area contributed by atoms with Gasteiger partial charge in [-0.1, -0.05) is 60.1 Å². The van der Waals surface area contributed by atoms with Gasteiger partial charge in [-0.2, -0.15) is 0 Å². The van der Waals surface area contributed by atoms with Crippen LogP contribution < -0.4 is 5.32 Å². The first kappa shape index (κ1) is 15.6. The molecular formula is C18H20ClNO. The van der Waals surface area contributed by atoms with E-state index in [-0.39, 0.29) is 11.9 Å². The van der Waals surface area contributed by atoms with Crippen LogP contribution in [0.25, 0.3) is 0 Å². The summed E-state index contributed by atoms with van der Waals surface area (Å²) in [6.07, 6.45) is 0. The quantitative estimate of drug-likeness (QED) is 0.885. The predicted octanol–water partition coefficient (Wildman–Crippen LogP) is 4.50. The van der Waals surface area contributed by atoms with E-state index < -0.39 is 5.41 Å². The third kappa shape index (κ3) is 3.45. The molecule has 0 aromatic heterocycles. The Morgan fingerprint density at radius 2 is 1.62 bits per heavy atom. The molecule has 0 radical (unpaired) electrons. The lowest BCUT2D eigenvalue weighted by atomic mass is 9.83. The molecule has 1 atom stereocenters. The van der Waals surface area contributed by atoms with E-state index in [9.17, 15) is 4.79 Å². The molecule has 1 amide bonds. The van der Waals surface area contributed by atoms with Crippen LogP contribution in [0.4, 0.5) is 0 Å². The van der Waals surface area contributed by atoms with Gasteiger partial charge in [0.05, 0.1) is 11.5 Å². The molecule has 0 aliphatic rings. The van der Waals surface area contributed by atoms with Crippen LogP contribution in [0.2, 0.25) is 5.02 Å². The van der Waals surface area contributed by atoms with E-state index in [1.807, 2.05) is 75.4 Å². The molecule has 0 fully saturated rings. The van der Waals surface area contributed by atoms with Crippen molar-refractivity contribution < 1.29 is 4.79 Å². The van der Waals surface area contributed by atoms with Crippen LogP contribution in [-0.2, 0) is 10.2 Å². The van der Waals surface area contributed by atoms with Crippen molar-refractivity contribution >= 4 is 17.5 Å².